The number of carbonyl (C=O) groups excluding carboxylic acids is 1. The lowest BCUT2D eigenvalue weighted by atomic mass is 9.95. The molecule has 0 N–H and O–H groups in total. The number of aryl methyl sites for hydroxylation is 1. The van der Waals surface area contributed by atoms with Crippen LogP contribution in [0.2, 0.25) is 48.9 Å². The SMILES string of the molecule is COCOc1cc2c(ncn2C)c(C(CC[C@@H]2OC(C)(C)O[C@@H]2C(/C=C\[C@@H](C)[C@H](C)O[Si](c2ccccc2)(c2ccccc2)C(C)(C)C)O[Si](C)(C)C(C)(C)C)Sc2ccccc2)c1C(=O)OCC[Si](C)(C)C. The Hall–Kier alpha value is -3.84. The third-order valence-electron chi connectivity index (χ3n) is 14.6. The smallest absolute Gasteiger partial charge is 0.342 e. The molecule has 14 heteroatoms. The Kier molecular flexibility index (Phi) is 19.2. The molecule has 0 bridgehead atoms. The molecule has 0 spiro atoms. The minimum absolute atomic E-state index is 0.0184. The number of hydrogen-bond acceptors (Lipinski definition) is 10. The highest BCUT2D eigenvalue weighted by Gasteiger charge is 2.52. The third kappa shape index (κ3) is 14.4. The molecule has 10 nitrogen and oxygen atoms in total. The van der Waals surface area contributed by atoms with Gasteiger partial charge in [0.25, 0.3) is 8.32 Å². The monoisotopic (exact) mass is 1070 g/mol. The van der Waals surface area contributed by atoms with E-state index in [1.54, 1.807) is 25.2 Å². The Morgan fingerprint density at radius 3 is 1.97 bits per heavy atom. The van der Waals surface area contributed by atoms with Gasteiger partial charge in [0, 0.05) is 50.1 Å². The number of carbonyl (C=O) groups is 1. The molecule has 1 aliphatic rings. The average molecular weight is 1070 g/mol. The van der Waals surface area contributed by atoms with Gasteiger partial charge in [-0.3, -0.25) is 0 Å². The number of aromatic nitrogens is 2. The van der Waals surface area contributed by atoms with Crippen LogP contribution in [-0.2, 0) is 34.8 Å². The molecule has 1 saturated heterocycles. The van der Waals surface area contributed by atoms with Crippen molar-refractivity contribution in [3.05, 3.63) is 127 Å². The number of imidazole rings is 1. The first-order valence-corrected chi connectivity index (χ1v) is 35.6. The summed E-state index contributed by atoms with van der Waals surface area (Å²) < 4.78 is 48.9. The zero-order chi connectivity index (χ0) is 53.6. The number of thioether (sulfide) groups is 1. The molecule has 398 valence electrons. The van der Waals surface area contributed by atoms with Crippen LogP contribution in [0.25, 0.3) is 11.0 Å². The molecule has 1 aromatic heterocycles. The highest BCUT2D eigenvalue weighted by molar-refractivity contribution is 7.99. The maximum Gasteiger partial charge on any atom is 0.342 e. The molecule has 4 aromatic carbocycles. The van der Waals surface area contributed by atoms with Gasteiger partial charge in [0.05, 0.1) is 36.2 Å². The first-order valence-electron chi connectivity index (χ1n) is 26.2. The molecule has 73 heavy (non-hydrogen) atoms. The maximum atomic E-state index is 14.6. The van der Waals surface area contributed by atoms with Crippen LogP contribution in [0.15, 0.2) is 120 Å². The molecule has 0 saturated carbocycles. The maximum absolute atomic E-state index is 14.6. The summed E-state index contributed by atoms with van der Waals surface area (Å²) in [4.78, 5) is 20.7. The van der Waals surface area contributed by atoms with E-state index in [1.807, 2.05) is 49.7 Å². The Labute approximate surface area is 445 Å². The Morgan fingerprint density at radius 2 is 1.42 bits per heavy atom. The van der Waals surface area contributed by atoms with Gasteiger partial charge in [-0.15, -0.1) is 11.8 Å². The number of ether oxygens (including phenoxy) is 5. The lowest BCUT2D eigenvalue weighted by molar-refractivity contribution is -0.152. The second kappa shape index (κ2) is 24.0. The summed E-state index contributed by atoms with van der Waals surface area (Å²) in [5.74, 6) is -0.900. The van der Waals surface area contributed by atoms with Crippen molar-refractivity contribution < 1.29 is 37.3 Å². The lowest BCUT2D eigenvalue weighted by Gasteiger charge is -2.45. The van der Waals surface area contributed by atoms with E-state index in [4.69, 9.17) is 37.5 Å². The topological polar surface area (TPSA) is 99.5 Å². The first kappa shape index (κ1) is 58.4. The van der Waals surface area contributed by atoms with E-state index < -0.39 is 48.7 Å². The fourth-order valence-corrected chi connectivity index (χ4v) is 17.4. The van der Waals surface area contributed by atoms with E-state index in [0.717, 1.165) is 27.5 Å². The number of hydrogen-bond donors (Lipinski definition) is 0. The van der Waals surface area contributed by atoms with E-state index in [9.17, 15) is 4.79 Å². The van der Waals surface area contributed by atoms with Gasteiger partial charge in [0.1, 0.15) is 17.4 Å². The zero-order valence-electron chi connectivity index (χ0n) is 47.0. The predicted molar refractivity (Wildman–Crippen MR) is 308 cm³/mol. The van der Waals surface area contributed by atoms with Gasteiger partial charge in [-0.05, 0) is 91.3 Å². The molecule has 0 radical (unpaired) electrons. The van der Waals surface area contributed by atoms with Gasteiger partial charge in [0.2, 0.25) is 0 Å². The van der Waals surface area contributed by atoms with E-state index in [-0.39, 0.29) is 40.2 Å². The first-order chi connectivity index (χ1) is 34.2. The average Bonchev–Trinajstić information content (AvgIpc) is 3.85. The summed E-state index contributed by atoms with van der Waals surface area (Å²) in [5.41, 5.74) is 2.71. The van der Waals surface area contributed by atoms with E-state index in [1.165, 1.54) is 10.4 Å². The highest BCUT2D eigenvalue weighted by Crippen LogP contribution is 2.48. The van der Waals surface area contributed by atoms with Crippen molar-refractivity contribution in [2.45, 2.75) is 171 Å². The van der Waals surface area contributed by atoms with Gasteiger partial charge < -0.3 is 37.1 Å². The van der Waals surface area contributed by atoms with Crippen LogP contribution in [0.1, 0.15) is 103 Å². The summed E-state index contributed by atoms with van der Waals surface area (Å²) >= 11 is 1.70. The van der Waals surface area contributed by atoms with Crippen LogP contribution in [-0.4, -0.2) is 90.9 Å². The second-order valence-corrected chi connectivity index (χ2v) is 40.0. The second-order valence-electron chi connectivity index (χ2n) is 24.1. The lowest BCUT2D eigenvalue weighted by Crippen LogP contribution is -2.67. The van der Waals surface area contributed by atoms with Crippen molar-refractivity contribution in [2.24, 2.45) is 13.0 Å². The van der Waals surface area contributed by atoms with E-state index in [0.29, 0.717) is 30.8 Å². The fraction of sp³-hybridized carbons (Fsp3) is 0.525. The quantitative estimate of drug-likeness (QED) is 0.0207. The molecule has 6 atom stereocenters. The number of nitrogens with zero attached hydrogens (tertiary/aromatic N) is 2. The van der Waals surface area contributed by atoms with Gasteiger partial charge in [0.15, 0.2) is 20.9 Å². The van der Waals surface area contributed by atoms with Crippen molar-refractivity contribution in [2.75, 3.05) is 20.5 Å². The molecular weight excluding hydrogens is 981 g/mol. The van der Waals surface area contributed by atoms with Crippen molar-refractivity contribution in [3.63, 3.8) is 0 Å². The number of methoxy groups -OCH3 is 1. The van der Waals surface area contributed by atoms with Crippen LogP contribution in [0, 0.1) is 5.92 Å². The molecule has 1 aliphatic heterocycles. The van der Waals surface area contributed by atoms with Crippen LogP contribution in [0.4, 0.5) is 0 Å². The Balaban J connectivity index is 1.40. The Bertz CT molecular complexity index is 2550. The van der Waals surface area contributed by atoms with Gasteiger partial charge in [-0.25, -0.2) is 9.78 Å². The summed E-state index contributed by atoms with van der Waals surface area (Å²) in [5, 5.41) is 1.99. The summed E-state index contributed by atoms with van der Waals surface area (Å²) in [7, 11) is -3.21. The largest absolute Gasteiger partial charge is 0.467 e. The minimum Gasteiger partial charge on any atom is -0.467 e. The minimum atomic E-state index is -2.83. The summed E-state index contributed by atoms with van der Waals surface area (Å²) in [6.45, 7) is 34.0. The normalized spacial score (nSPS) is 18.5. The Morgan fingerprint density at radius 1 is 0.836 bits per heavy atom. The molecule has 1 fully saturated rings. The molecule has 2 unspecified atom stereocenters. The van der Waals surface area contributed by atoms with Crippen molar-refractivity contribution in [3.8, 4) is 5.75 Å². The molecular formula is C59H86N2O8SSi3. The third-order valence-corrected chi connectivity index (χ3v) is 27.2. The number of esters is 1. The predicted octanol–water partition coefficient (Wildman–Crippen LogP) is 13.7. The van der Waals surface area contributed by atoms with Gasteiger partial charge >= 0.3 is 5.97 Å². The zero-order valence-corrected chi connectivity index (χ0v) is 50.9. The molecule has 0 aliphatic carbocycles. The van der Waals surface area contributed by atoms with Crippen LogP contribution in [0.3, 0.4) is 0 Å². The van der Waals surface area contributed by atoms with Gasteiger partial charge in [-0.2, -0.15) is 0 Å². The fourth-order valence-electron chi connectivity index (χ4n) is 9.40. The summed E-state index contributed by atoms with van der Waals surface area (Å²) in [6, 6.07) is 34.7. The van der Waals surface area contributed by atoms with Crippen LogP contribution in [0.5, 0.6) is 5.75 Å². The van der Waals surface area contributed by atoms with E-state index in [2.05, 4.69) is 173 Å². The standard InChI is InChI=1S/C59H86N2O8SSi3/c1-42(43(2)68-73(58(6,7)8,45-29-23-19-24-30-45)46-31-25-20-26-32-46)33-34-49(69-72(16,17)57(3,4)5)55-48(66-59(9,10)67-55)35-36-51(70-44-27-21-18-22-28-44)53-52(56(62)64-37-38-71(13,14)15)50(65-41-63-12)39-47-54(53)60-40-61(47)11/h18-34,39-40,42-43,48-49,51,55H,35-38,41H2,1-17H3/b34-33-/t42-,43+,48+,49?,51?,55+/m1/s1. The number of benzene rings is 4. The van der Waals surface area contributed by atoms with Crippen molar-refractivity contribution in [1.82, 2.24) is 9.55 Å². The van der Waals surface area contributed by atoms with Crippen molar-refractivity contribution >= 4 is 63.8 Å². The molecule has 2 heterocycles. The molecule has 0 amide bonds. The van der Waals surface area contributed by atoms with Crippen LogP contribution < -0.4 is 15.1 Å². The number of rotatable bonds is 23. The number of fused-ring (bicyclic) bond motifs is 1. The molecule has 6 rings (SSSR count). The van der Waals surface area contributed by atoms with E-state index >= 15 is 0 Å². The highest BCUT2D eigenvalue weighted by atomic mass is 32.2. The molecule has 5 aromatic rings. The van der Waals surface area contributed by atoms with Crippen molar-refractivity contribution in [1.29, 1.82) is 0 Å². The van der Waals surface area contributed by atoms with Gasteiger partial charge in [-0.1, -0.05) is 159 Å². The summed E-state index contributed by atoms with van der Waals surface area (Å²) in [6.07, 6.45) is 6.13. The van der Waals surface area contributed by atoms with Crippen LogP contribution >= 0.6 is 11.8 Å².